The topological polar surface area (TPSA) is 138 Å². The predicted molar refractivity (Wildman–Crippen MR) is 67.9 cm³/mol. The van der Waals surface area contributed by atoms with E-state index in [2.05, 4.69) is 24.9 Å². The Morgan fingerprint density at radius 3 is 2.45 bits per heavy atom. The zero-order chi connectivity index (χ0) is 14.9. The lowest BCUT2D eigenvalue weighted by atomic mass is 10.4. The van der Waals surface area contributed by atoms with E-state index in [-0.39, 0.29) is 5.95 Å². The van der Waals surface area contributed by atoms with Crippen molar-refractivity contribution in [2.24, 2.45) is 0 Å². The van der Waals surface area contributed by atoms with E-state index in [1.807, 2.05) is 0 Å². The molecule has 0 aliphatic heterocycles. The number of aromatic amines is 1. The van der Waals surface area contributed by atoms with E-state index < -0.39 is 26.6 Å². The maximum atomic E-state index is 12.1. The molecular weight excluding hydrogens is 286 g/mol. The van der Waals surface area contributed by atoms with Crippen LogP contribution in [0.2, 0.25) is 0 Å². The van der Waals surface area contributed by atoms with Crippen molar-refractivity contribution in [3.05, 3.63) is 29.2 Å². The van der Waals surface area contributed by atoms with Gasteiger partial charge in [-0.25, -0.2) is 19.5 Å². The number of carbonyl (C=O) groups is 1. The summed E-state index contributed by atoms with van der Waals surface area (Å²) in [5.74, 6) is -1.53. The first-order chi connectivity index (χ1) is 9.29. The Labute approximate surface area is 114 Å². The molecular formula is C10H11N5O4S. The van der Waals surface area contributed by atoms with Crippen molar-refractivity contribution in [3.8, 4) is 0 Å². The average molecular weight is 297 g/mol. The van der Waals surface area contributed by atoms with Crippen molar-refractivity contribution in [1.29, 1.82) is 0 Å². The number of aromatic nitrogens is 4. The van der Waals surface area contributed by atoms with Gasteiger partial charge >= 0.3 is 5.97 Å². The van der Waals surface area contributed by atoms with Crippen LogP contribution in [0, 0.1) is 13.8 Å². The highest BCUT2D eigenvalue weighted by Crippen LogP contribution is 2.15. The van der Waals surface area contributed by atoms with Crippen molar-refractivity contribution in [2.75, 3.05) is 4.72 Å². The van der Waals surface area contributed by atoms with Crippen LogP contribution in [0.1, 0.15) is 21.7 Å². The molecule has 0 radical (unpaired) electrons. The van der Waals surface area contributed by atoms with E-state index in [1.165, 1.54) is 0 Å². The molecule has 0 saturated carbocycles. The van der Waals surface area contributed by atoms with Crippen LogP contribution in [0.25, 0.3) is 0 Å². The third-order valence-electron chi connectivity index (χ3n) is 2.31. The Balaban J connectivity index is 2.41. The molecule has 0 amide bonds. The molecule has 0 unspecified atom stereocenters. The Hall–Kier alpha value is -2.49. The summed E-state index contributed by atoms with van der Waals surface area (Å²) >= 11 is 0. The number of carboxylic acid groups (broad SMARTS) is 1. The molecule has 0 bridgehead atoms. The third-order valence-corrected chi connectivity index (χ3v) is 3.61. The summed E-state index contributed by atoms with van der Waals surface area (Å²) < 4.78 is 26.3. The summed E-state index contributed by atoms with van der Waals surface area (Å²) in [5, 5.41) is 13.9. The fourth-order valence-corrected chi connectivity index (χ4v) is 2.61. The Morgan fingerprint density at radius 1 is 1.30 bits per heavy atom. The van der Waals surface area contributed by atoms with Crippen LogP contribution in [0.3, 0.4) is 0 Å². The molecule has 0 aromatic carbocycles. The van der Waals surface area contributed by atoms with Crippen LogP contribution in [-0.4, -0.2) is 39.7 Å². The molecule has 10 heteroatoms. The number of nitrogens with zero attached hydrogens (tertiary/aromatic N) is 3. The first-order valence-electron chi connectivity index (χ1n) is 5.41. The monoisotopic (exact) mass is 297 g/mol. The standard InChI is InChI=1S/C10H11N5O4S/c1-5-3-6(2)13-10(12-5)15-20(18,19)8-7(9(16)17)4-11-14-8/h3-4H,1-2H3,(H,11,14)(H,16,17)(H,12,13,15). The maximum absolute atomic E-state index is 12.1. The van der Waals surface area contributed by atoms with Crippen LogP contribution in [-0.2, 0) is 10.0 Å². The number of hydrogen-bond donors (Lipinski definition) is 3. The third kappa shape index (κ3) is 2.74. The van der Waals surface area contributed by atoms with E-state index >= 15 is 0 Å². The lowest BCUT2D eigenvalue weighted by Crippen LogP contribution is -2.18. The molecule has 0 aliphatic rings. The van der Waals surface area contributed by atoms with Gasteiger partial charge in [-0.15, -0.1) is 0 Å². The number of anilines is 1. The van der Waals surface area contributed by atoms with Gasteiger partial charge in [0.15, 0.2) is 5.03 Å². The van der Waals surface area contributed by atoms with Gasteiger partial charge in [-0.2, -0.15) is 13.5 Å². The number of H-pyrrole nitrogens is 1. The predicted octanol–water partition coefficient (Wildman–Crippen LogP) is 0.316. The van der Waals surface area contributed by atoms with E-state index in [4.69, 9.17) is 5.11 Å². The molecule has 9 nitrogen and oxygen atoms in total. The number of sulfonamides is 1. The van der Waals surface area contributed by atoms with Crippen molar-refractivity contribution in [1.82, 2.24) is 20.2 Å². The molecule has 20 heavy (non-hydrogen) atoms. The lowest BCUT2D eigenvalue weighted by Gasteiger charge is -2.06. The van der Waals surface area contributed by atoms with Gasteiger partial charge in [0.05, 0.1) is 6.20 Å². The fraction of sp³-hybridized carbons (Fsp3) is 0.200. The highest BCUT2D eigenvalue weighted by Gasteiger charge is 2.25. The van der Waals surface area contributed by atoms with E-state index in [0.717, 1.165) is 6.20 Å². The molecule has 3 N–H and O–H groups in total. The second kappa shape index (κ2) is 4.89. The number of aryl methyl sites for hydroxylation is 2. The molecule has 0 spiro atoms. The fourth-order valence-electron chi connectivity index (χ4n) is 1.57. The van der Waals surface area contributed by atoms with Crippen LogP contribution >= 0.6 is 0 Å². The van der Waals surface area contributed by atoms with Crippen LogP contribution < -0.4 is 4.72 Å². The van der Waals surface area contributed by atoms with Crippen molar-refractivity contribution < 1.29 is 18.3 Å². The van der Waals surface area contributed by atoms with Crippen molar-refractivity contribution in [3.63, 3.8) is 0 Å². The minimum Gasteiger partial charge on any atom is -0.478 e. The van der Waals surface area contributed by atoms with Crippen molar-refractivity contribution in [2.45, 2.75) is 18.9 Å². The SMILES string of the molecule is Cc1cc(C)nc(NS(=O)(=O)c2[nH]ncc2C(=O)O)n1. The van der Waals surface area contributed by atoms with Crippen molar-refractivity contribution >= 4 is 21.9 Å². The van der Waals surface area contributed by atoms with Gasteiger partial charge in [-0.3, -0.25) is 5.10 Å². The van der Waals surface area contributed by atoms with Crippen LogP contribution in [0.5, 0.6) is 0 Å². The Morgan fingerprint density at radius 2 is 1.90 bits per heavy atom. The first kappa shape index (κ1) is 13.9. The number of carboxylic acids is 1. The van der Waals surface area contributed by atoms with Gasteiger partial charge in [0.25, 0.3) is 10.0 Å². The average Bonchev–Trinajstić information content (AvgIpc) is 2.75. The Kier molecular flexibility index (Phi) is 3.40. The molecule has 0 saturated heterocycles. The molecule has 0 fully saturated rings. The summed E-state index contributed by atoms with van der Waals surface area (Å²) in [6, 6.07) is 1.68. The summed E-state index contributed by atoms with van der Waals surface area (Å²) in [5.41, 5.74) is 0.707. The molecule has 0 atom stereocenters. The number of hydrogen-bond acceptors (Lipinski definition) is 6. The van der Waals surface area contributed by atoms with Crippen LogP contribution in [0.15, 0.2) is 17.3 Å². The second-order valence-electron chi connectivity index (χ2n) is 4.00. The number of rotatable bonds is 4. The molecule has 2 heterocycles. The minimum absolute atomic E-state index is 0.131. The summed E-state index contributed by atoms with van der Waals surface area (Å²) in [6.07, 6.45) is 0.916. The first-order valence-corrected chi connectivity index (χ1v) is 6.89. The summed E-state index contributed by atoms with van der Waals surface area (Å²) in [7, 11) is -4.15. The lowest BCUT2D eigenvalue weighted by molar-refractivity contribution is 0.0692. The largest absolute Gasteiger partial charge is 0.478 e. The molecule has 2 aromatic rings. The molecule has 2 rings (SSSR count). The van der Waals surface area contributed by atoms with Gasteiger partial charge in [-0.05, 0) is 19.9 Å². The van der Waals surface area contributed by atoms with E-state index in [1.54, 1.807) is 19.9 Å². The van der Waals surface area contributed by atoms with Crippen LogP contribution in [0.4, 0.5) is 5.95 Å². The minimum atomic E-state index is -4.15. The molecule has 2 aromatic heterocycles. The van der Waals surface area contributed by atoms with Gasteiger partial charge < -0.3 is 5.11 Å². The molecule has 106 valence electrons. The van der Waals surface area contributed by atoms with Gasteiger partial charge in [0, 0.05) is 11.4 Å². The van der Waals surface area contributed by atoms with Gasteiger partial charge in [0.1, 0.15) is 5.56 Å². The highest BCUT2D eigenvalue weighted by molar-refractivity contribution is 7.92. The van der Waals surface area contributed by atoms with E-state index in [9.17, 15) is 13.2 Å². The summed E-state index contributed by atoms with van der Waals surface area (Å²) in [4.78, 5) is 18.7. The second-order valence-corrected chi connectivity index (χ2v) is 5.62. The zero-order valence-corrected chi connectivity index (χ0v) is 11.4. The highest BCUT2D eigenvalue weighted by atomic mass is 32.2. The number of aromatic carboxylic acids is 1. The van der Waals surface area contributed by atoms with Gasteiger partial charge in [0.2, 0.25) is 5.95 Å². The summed E-state index contributed by atoms with van der Waals surface area (Å²) in [6.45, 7) is 3.37. The maximum Gasteiger partial charge on any atom is 0.340 e. The van der Waals surface area contributed by atoms with E-state index in [0.29, 0.717) is 11.4 Å². The smallest absolute Gasteiger partial charge is 0.340 e. The normalized spacial score (nSPS) is 11.3. The quantitative estimate of drug-likeness (QED) is 0.738. The number of nitrogens with one attached hydrogen (secondary N) is 2. The zero-order valence-electron chi connectivity index (χ0n) is 10.6. The van der Waals surface area contributed by atoms with Gasteiger partial charge in [-0.1, -0.05) is 0 Å². The Bertz CT molecular complexity index is 747. The molecule has 0 aliphatic carbocycles.